The SMILES string of the molecule is Cc1cccc(C(C)C)c1NC(=O)CN(C)Cc1ccc(N(C)C)cc1. The maximum absolute atomic E-state index is 12.5. The Hall–Kier alpha value is -2.33. The Morgan fingerprint density at radius 1 is 1.04 bits per heavy atom. The van der Waals surface area contributed by atoms with E-state index in [1.165, 1.54) is 16.8 Å². The van der Waals surface area contributed by atoms with Crippen molar-refractivity contribution in [3.05, 3.63) is 59.2 Å². The van der Waals surface area contributed by atoms with Crippen molar-refractivity contribution in [3.63, 3.8) is 0 Å². The standard InChI is InChI=1S/C22H31N3O/c1-16(2)20-9-7-8-17(3)22(20)23-21(26)15-25(6)14-18-10-12-19(13-11-18)24(4)5/h7-13,16H,14-15H2,1-6H3,(H,23,26). The number of likely N-dealkylation sites (N-methyl/N-ethyl adjacent to an activating group) is 1. The van der Waals surface area contributed by atoms with E-state index in [2.05, 4.69) is 54.4 Å². The van der Waals surface area contributed by atoms with Crippen LogP contribution in [0.1, 0.15) is 36.5 Å². The number of aryl methyl sites for hydroxylation is 1. The van der Waals surface area contributed by atoms with Gasteiger partial charge in [-0.05, 0) is 48.7 Å². The summed E-state index contributed by atoms with van der Waals surface area (Å²) in [6, 6.07) is 14.6. The second kappa shape index (κ2) is 8.86. The smallest absolute Gasteiger partial charge is 0.238 e. The molecular formula is C22H31N3O. The fourth-order valence-corrected chi connectivity index (χ4v) is 3.03. The lowest BCUT2D eigenvalue weighted by atomic mass is 9.98. The molecule has 0 aromatic heterocycles. The monoisotopic (exact) mass is 353 g/mol. The minimum atomic E-state index is 0.0219. The Balaban J connectivity index is 1.97. The van der Waals surface area contributed by atoms with Gasteiger partial charge < -0.3 is 10.2 Å². The van der Waals surface area contributed by atoms with Crippen LogP contribution in [0, 0.1) is 6.92 Å². The highest BCUT2D eigenvalue weighted by Gasteiger charge is 2.13. The predicted molar refractivity (Wildman–Crippen MR) is 111 cm³/mol. The summed E-state index contributed by atoms with van der Waals surface area (Å²) in [7, 11) is 6.03. The molecular weight excluding hydrogens is 322 g/mol. The minimum absolute atomic E-state index is 0.0219. The van der Waals surface area contributed by atoms with Crippen molar-refractivity contribution in [1.82, 2.24) is 4.90 Å². The lowest BCUT2D eigenvalue weighted by Crippen LogP contribution is -2.30. The summed E-state index contributed by atoms with van der Waals surface area (Å²) in [6.45, 7) is 7.44. The molecule has 0 saturated heterocycles. The van der Waals surface area contributed by atoms with Gasteiger partial charge in [0.1, 0.15) is 0 Å². The number of carbonyl (C=O) groups is 1. The highest BCUT2D eigenvalue weighted by atomic mass is 16.2. The highest BCUT2D eigenvalue weighted by Crippen LogP contribution is 2.27. The first-order valence-corrected chi connectivity index (χ1v) is 9.12. The van der Waals surface area contributed by atoms with E-state index >= 15 is 0 Å². The van der Waals surface area contributed by atoms with Crippen molar-refractivity contribution in [2.24, 2.45) is 0 Å². The molecule has 4 nitrogen and oxygen atoms in total. The molecule has 0 bridgehead atoms. The summed E-state index contributed by atoms with van der Waals surface area (Å²) in [5.74, 6) is 0.395. The van der Waals surface area contributed by atoms with Gasteiger partial charge in [-0.25, -0.2) is 0 Å². The molecule has 0 spiro atoms. The molecule has 0 aliphatic heterocycles. The summed E-state index contributed by atoms with van der Waals surface area (Å²) in [4.78, 5) is 16.6. The molecule has 0 unspecified atom stereocenters. The lowest BCUT2D eigenvalue weighted by Gasteiger charge is -2.20. The van der Waals surface area contributed by atoms with E-state index in [0.717, 1.165) is 17.8 Å². The number of nitrogens with zero attached hydrogens (tertiary/aromatic N) is 2. The van der Waals surface area contributed by atoms with E-state index < -0.39 is 0 Å². The van der Waals surface area contributed by atoms with Crippen LogP contribution in [-0.4, -0.2) is 38.5 Å². The maximum atomic E-state index is 12.5. The molecule has 26 heavy (non-hydrogen) atoms. The Labute approximate surface area is 157 Å². The minimum Gasteiger partial charge on any atom is -0.378 e. The molecule has 0 aliphatic carbocycles. The Morgan fingerprint density at radius 3 is 2.27 bits per heavy atom. The van der Waals surface area contributed by atoms with E-state index in [1.54, 1.807) is 0 Å². The van der Waals surface area contributed by atoms with E-state index in [4.69, 9.17) is 0 Å². The Bertz CT molecular complexity index is 736. The largest absolute Gasteiger partial charge is 0.378 e. The summed E-state index contributed by atoms with van der Waals surface area (Å²) >= 11 is 0. The molecule has 0 atom stereocenters. The quantitative estimate of drug-likeness (QED) is 0.808. The Morgan fingerprint density at radius 2 is 1.69 bits per heavy atom. The molecule has 0 heterocycles. The number of anilines is 2. The van der Waals surface area contributed by atoms with Crippen LogP contribution >= 0.6 is 0 Å². The molecule has 140 valence electrons. The zero-order valence-corrected chi connectivity index (χ0v) is 16.8. The number of benzene rings is 2. The summed E-state index contributed by atoms with van der Waals surface area (Å²) < 4.78 is 0. The predicted octanol–water partition coefficient (Wildman–Crippen LogP) is 4.25. The van der Waals surface area contributed by atoms with E-state index in [-0.39, 0.29) is 5.91 Å². The fraction of sp³-hybridized carbons (Fsp3) is 0.409. The van der Waals surface area contributed by atoms with Crippen molar-refractivity contribution in [2.45, 2.75) is 33.2 Å². The molecule has 0 aliphatic rings. The molecule has 1 amide bonds. The van der Waals surface area contributed by atoms with Gasteiger partial charge in [-0.3, -0.25) is 9.69 Å². The molecule has 2 aromatic carbocycles. The van der Waals surface area contributed by atoms with Crippen LogP contribution in [0.4, 0.5) is 11.4 Å². The molecule has 0 radical (unpaired) electrons. The van der Waals surface area contributed by atoms with Crippen molar-refractivity contribution in [1.29, 1.82) is 0 Å². The Kier molecular flexibility index (Phi) is 6.81. The van der Waals surface area contributed by atoms with Crippen LogP contribution in [0.15, 0.2) is 42.5 Å². The summed E-state index contributed by atoms with van der Waals surface area (Å²) in [5, 5.41) is 3.11. The third-order valence-corrected chi connectivity index (χ3v) is 4.51. The van der Waals surface area contributed by atoms with Crippen molar-refractivity contribution >= 4 is 17.3 Å². The van der Waals surface area contributed by atoms with Gasteiger partial charge >= 0.3 is 0 Å². The van der Waals surface area contributed by atoms with Crippen LogP contribution in [0.25, 0.3) is 0 Å². The number of amides is 1. The van der Waals surface area contributed by atoms with E-state index in [9.17, 15) is 4.79 Å². The zero-order chi connectivity index (χ0) is 19.3. The number of nitrogens with one attached hydrogen (secondary N) is 1. The zero-order valence-electron chi connectivity index (χ0n) is 16.8. The second-order valence-electron chi connectivity index (χ2n) is 7.48. The number of para-hydroxylation sites is 1. The number of hydrogen-bond acceptors (Lipinski definition) is 3. The highest BCUT2D eigenvalue weighted by molar-refractivity contribution is 5.93. The van der Waals surface area contributed by atoms with Gasteiger partial charge in [0.25, 0.3) is 0 Å². The summed E-state index contributed by atoms with van der Waals surface area (Å²) in [6.07, 6.45) is 0. The summed E-state index contributed by atoms with van der Waals surface area (Å²) in [5.41, 5.74) is 5.61. The molecule has 0 saturated carbocycles. The van der Waals surface area contributed by atoms with Gasteiger partial charge in [0.2, 0.25) is 5.91 Å². The van der Waals surface area contributed by atoms with Gasteiger partial charge in [0.15, 0.2) is 0 Å². The number of rotatable bonds is 7. The number of carbonyl (C=O) groups excluding carboxylic acids is 1. The van der Waals surface area contributed by atoms with Gasteiger partial charge in [0, 0.05) is 32.0 Å². The van der Waals surface area contributed by atoms with E-state index in [0.29, 0.717) is 12.5 Å². The van der Waals surface area contributed by atoms with Gasteiger partial charge in [-0.15, -0.1) is 0 Å². The van der Waals surface area contributed by atoms with Gasteiger partial charge in [-0.1, -0.05) is 44.2 Å². The third kappa shape index (κ3) is 5.33. The lowest BCUT2D eigenvalue weighted by molar-refractivity contribution is -0.117. The van der Waals surface area contributed by atoms with Crippen LogP contribution in [0.3, 0.4) is 0 Å². The van der Waals surface area contributed by atoms with Gasteiger partial charge in [0.05, 0.1) is 6.54 Å². The average Bonchev–Trinajstić information content (AvgIpc) is 2.56. The van der Waals surface area contributed by atoms with Crippen molar-refractivity contribution in [2.75, 3.05) is 37.9 Å². The molecule has 2 rings (SSSR count). The molecule has 0 fully saturated rings. The normalized spacial score (nSPS) is 11.1. The topological polar surface area (TPSA) is 35.6 Å². The molecule has 2 aromatic rings. The first kappa shape index (κ1) is 20.0. The van der Waals surface area contributed by atoms with Crippen molar-refractivity contribution in [3.8, 4) is 0 Å². The first-order chi connectivity index (χ1) is 12.3. The fourth-order valence-electron chi connectivity index (χ4n) is 3.03. The van der Waals surface area contributed by atoms with Crippen molar-refractivity contribution < 1.29 is 4.79 Å². The average molecular weight is 354 g/mol. The van der Waals surface area contributed by atoms with Crippen LogP contribution < -0.4 is 10.2 Å². The first-order valence-electron chi connectivity index (χ1n) is 9.12. The second-order valence-corrected chi connectivity index (χ2v) is 7.48. The van der Waals surface area contributed by atoms with Crippen LogP contribution in [0.2, 0.25) is 0 Å². The third-order valence-electron chi connectivity index (χ3n) is 4.51. The maximum Gasteiger partial charge on any atom is 0.238 e. The van der Waals surface area contributed by atoms with Gasteiger partial charge in [-0.2, -0.15) is 0 Å². The van der Waals surface area contributed by atoms with E-state index in [1.807, 2.05) is 45.1 Å². The van der Waals surface area contributed by atoms with Crippen LogP contribution in [0.5, 0.6) is 0 Å². The number of hydrogen-bond donors (Lipinski definition) is 1. The van der Waals surface area contributed by atoms with Crippen LogP contribution in [-0.2, 0) is 11.3 Å². The molecule has 4 heteroatoms. The molecule has 1 N–H and O–H groups in total.